The number of hydrogen-bond acceptors (Lipinski definition) is 5. The summed E-state index contributed by atoms with van der Waals surface area (Å²) in [5.41, 5.74) is 0.352. The Kier molecular flexibility index (Phi) is 5.87. The number of halogens is 2. The molecule has 5 nitrogen and oxygen atoms in total. The molecule has 0 aliphatic rings. The van der Waals surface area contributed by atoms with Crippen molar-refractivity contribution < 1.29 is 23.8 Å². The van der Waals surface area contributed by atoms with Gasteiger partial charge < -0.3 is 9.84 Å². The van der Waals surface area contributed by atoms with Crippen LogP contribution in [0.25, 0.3) is 11.3 Å². The summed E-state index contributed by atoms with van der Waals surface area (Å²) in [4.78, 5) is 27.6. The smallest absolute Gasteiger partial charge is 0.306 e. The molecule has 0 aliphatic heterocycles. The number of ether oxygens (including phenoxy) is 1. The van der Waals surface area contributed by atoms with Crippen LogP contribution in [0.2, 0.25) is 5.02 Å². The van der Waals surface area contributed by atoms with Gasteiger partial charge in [-0.2, -0.15) is 0 Å². The van der Waals surface area contributed by atoms with Crippen molar-refractivity contribution in [3.63, 3.8) is 0 Å². The van der Waals surface area contributed by atoms with Gasteiger partial charge in [-0.15, -0.1) is 0 Å². The largest absolute Gasteiger partial charge is 0.506 e. The first-order chi connectivity index (χ1) is 11.4. The van der Waals surface area contributed by atoms with Gasteiger partial charge in [0.2, 0.25) is 0 Å². The van der Waals surface area contributed by atoms with E-state index in [2.05, 4.69) is 4.98 Å². The zero-order valence-electron chi connectivity index (χ0n) is 12.9. The molecule has 2 rings (SSSR count). The monoisotopic (exact) mass is 351 g/mol. The number of aromatic hydroxyl groups is 1. The van der Waals surface area contributed by atoms with Gasteiger partial charge in [-0.3, -0.25) is 9.59 Å². The lowest BCUT2D eigenvalue weighted by molar-refractivity contribution is -0.143. The van der Waals surface area contributed by atoms with Crippen molar-refractivity contribution in [3.05, 3.63) is 46.9 Å². The summed E-state index contributed by atoms with van der Waals surface area (Å²) in [6.45, 7) is 1.89. The molecule has 1 heterocycles. The predicted molar refractivity (Wildman–Crippen MR) is 86.5 cm³/mol. The van der Waals surface area contributed by atoms with Crippen LogP contribution >= 0.6 is 11.6 Å². The second-order valence-corrected chi connectivity index (χ2v) is 5.27. The Hall–Kier alpha value is -2.47. The number of esters is 1. The van der Waals surface area contributed by atoms with Crippen LogP contribution in [0.5, 0.6) is 5.75 Å². The van der Waals surface area contributed by atoms with Crippen molar-refractivity contribution >= 4 is 23.4 Å². The van der Waals surface area contributed by atoms with Crippen molar-refractivity contribution in [2.24, 2.45) is 0 Å². The zero-order chi connectivity index (χ0) is 17.7. The fourth-order valence-electron chi connectivity index (χ4n) is 2.08. The average molecular weight is 352 g/mol. The third kappa shape index (κ3) is 4.08. The minimum absolute atomic E-state index is 0.112. The molecule has 0 fully saturated rings. The first-order valence-electron chi connectivity index (χ1n) is 7.27. The second-order valence-electron chi connectivity index (χ2n) is 4.89. The predicted octanol–water partition coefficient (Wildman–Crippen LogP) is 3.77. The Bertz CT molecular complexity index is 779. The molecule has 1 aromatic heterocycles. The van der Waals surface area contributed by atoms with E-state index in [-0.39, 0.29) is 41.6 Å². The molecule has 0 saturated carbocycles. The first kappa shape index (κ1) is 17.9. The maximum atomic E-state index is 13.6. The highest BCUT2D eigenvalue weighted by atomic mass is 35.5. The van der Waals surface area contributed by atoms with E-state index >= 15 is 0 Å². The summed E-state index contributed by atoms with van der Waals surface area (Å²) in [7, 11) is 0. The van der Waals surface area contributed by atoms with Crippen LogP contribution in [-0.4, -0.2) is 28.4 Å². The molecule has 0 atom stereocenters. The SMILES string of the molecule is CCOC(=O)CCC(=O)c1nc(-c2cccc(F)c2Cl)ccc1O. The van der Waals surface area contributed by atoms with Crippen LogP contribution in [0.15, 0.2) is 30.3 Å². The van der Waals surface area contributed by atoms with Crippen LogP contribution < -0.4 is 0 Å². The fraction of sp³-hybridized carbons (Fsp3) is 0.235. The Morgan fingerprint density at radius 1 is 1.25 bits per heavy atom. The number of pyridine rings is 1. The third-order valence-corrected chi connectivity index (χ3v) is 3.61. The van der Waals surface area contributed by atoms with Crippen LogP contribution in [0.1, 0.15) is 30.3 Å². The quantitative estimate of drug-likeness (QED) is 0.633. The number of hydrogen-bond donors (Lipinski definition) is 1. The van der Waals surface area contributed by atoms with Gasteiger partial charge in [0.15, 0.2) is 5.78 Å². The number of benzene rings is 1. The van der Waals surface area contributed by atoms with Gasteiger partial charge in [0.05, 0.1) is 23.7 Å². The van der Waals surface area contributed by atoms with Crippen molar-refractivity contribution in [2.45, 2.75) is 19.8 Å². The molecule has 1 aromatic carbocycles. The second kappa shape index (κ2) is 7.88. The van der Waals surface area contributed by atoms with E-state index < -0.39 is 17.6 Å². The summed E-state index contributed by atoms with van der Waals surface area (Å²) in [5, 5.41) is 9.71. The van der Waals surface area contributed by atoms with Crippen LogP contribution in [0.4, 0.5) is 4.39 Å². The maximum Gasteiger partial charge on any atom is 0.306 e. The summed E-state index contributed by atoms with van der Waals surface area (Å²) in [6.07, 6.45) is -0.265. The van der Waals surface area contributed by atoms with Gasteiger partial charge in [0.1, 0.15) is 17.3 Å². The molecule has 1 N–H and O–H groups in total. The molecular formula is C17H15ClFNO4. The van der Waals surface area contributed by atoms with Gasteiger partial charge in [0, 0.05) is 12.0 Å². The van der Waals surface area contributed by atoms with E-state index in [4.69, 9.17) is 16.3 Å². The molecular weight excluding hydrogens is 337 g/mol. The van der Waals surface area contributed by atoms with E-state index in [1.54, 1.807) is 13.0 Å². The molecule has 0 amide bonds. The first-order valence-corrected chi connectivity index (χ1v) is 7.65. The fourth-order valence-corrected chi connectivity index (χ4v) is 2.30. The Morgan fingerprint density at radius 2 is 2.00 bits per heavy atom. The van der Waals surface area contributed by atoms with E-state index in [9.17, 15) is 19.1 Å². The Morgan fingerprint density at radius 3 is 2.71 bits per heavy atom. The normalized spacial score (nSPS) is 10.5. The molecule has 7 heteroatoms. The maximum absolute atomic E-state index is 13.6. The minimum atomic E-state index is -0.612. The average Bonchev–Trinajstić information content (AvgIpc) is 2.56. The van der Waals surface area contributed by atoms with Gasteiger partial charge in [-0.05, 0) is 25.1 Å². The van der Waals surface area contributed by atoms with Crippen LogP contribution in [0.3, 0.4) is 0 Å². The van der Waals surface area contributed by atoms with Crippen molar-refractivity contribution in [2.75, 3.05) is 6.61 Å². The number of ketones is 1. The van der Waals surface area contributed by atoms with Gasteiger partial charge in [-0.1, -0.05) is 23.7 Å². The summed E-state index contributed by atoms with van der Waals surface area (Å²) >= 11 is 5.91. The minimum Gasteiger partial charge on any atom is -0.506 e. The highest BCUT2D eigenvalue weighted by Gasteiger charge is 2.18. The molecule has 2 aromatic rings. The lowest BCUT2D eigenvalue weighted by Gasteiger charge is -2.08. The van der Waals surface area contributed by atoms with E-state index in [1.807, 2.05) is 0 Å². The van der Waals surface area contributed by atoms with E-state index in [0.29, 0.717) is 5.56 Å². The number of aromatic nitrogens is 1. The molecule has 0 radical (unpaired) electrons. The van der Waals surface area contributed by atoms with Crippen LogP contribution in [-0.2, 0) is 9.53 Å². The Labute approximate surface area is 143 Å². The van der Waals surface area contributed by atoms with E-state index in [0.717, 1.165) is 0 Å². The molecule has 0 spiro atoms. The van der Waals surface area contributed by atoms with Crippen molar-refractivity contribution in [1.29, 1.82) is 0 Å². The summed E-state index contributed by atoms with van der Waals surface area (Å²) < 4.78 is 18.3. The molecule has 0 unspecified atom stereocenters. The van der Waals surface area contributed by atoms with Crippen molar-refractivity contribution in [1.82, 2.24) is 4.98 Å². The number of carbonyl (C=O) groups excluding carboxylic acids is 2. The van der Waals surface area contributed by atoms with Gasteiger partial charge in [-0.25, -0.2) is 9.37 Å². The highest BCUT2D eigenvalue weighted by molar-refractivity contribution is 6.33. The molecule has 24 heavy (non-hydrogen) atoms. The summed E-state index contributed by atoms with van der Waals surface area (Å²) in [6, 6.07) is 6.93. The van der Waals surface area contributed by atoms with Gasteiger partial charge in [0.25, 0.3) is 0 Å². The van der Waals surface area contributed by atoms with E-state index in [1.165, 1.54) is 24.3 Å². The lowest BCUT2D eigenvalue weighted by Crippen LogP contribution is -2.09. The standard InChI is InChI=1S/C17H15ClFNO4/c1-2-24-15(23)9-8-14(22)17-13(21)7-6-12(20-17)10-4-3-5-11(19)16(10)18/h3-7,21H,2,8-9H2,1H3. The number of carbonyl (C=O) groups is 2. The zero-order valence-corrected chi connectivity index (χ0v) is 13.6. The summed E-state index contributed by atoms with van der Waals surface area (Å²) in [5.74, 6) is -1.95. The number of nitrogens with zero attached hydrogens (tertiary/aromatic N) is 1. The third-order valence-electron chi connectivity index (χ3n) is 3.23. The number of Topliss-reactive ketones (excluding diaryl/α,β-unsaturated/α-hetero) is 1. The number of rotatable bonds is 6. The van der Waals surface area contributed by atoms with Gasteiger partial charge >= 0.3 is 5.97 Å². The molecule has 0 aliphatic carbocycles. The molecule has 0 bridgehead atoms. The highest BCUT2D eigenvalue weighted by Crippen LogP contribution is 2.30. The topological polar surface area (TPSA) is 76.5 Å². The lowest BCUT2D eigenvalue weighted by atomic mass is 10.1. The molecule has 0 saturated heterocycles. The Balaban J connectivity index is 2.27. The van der Waals surface area contributed by atoms with Crippen LogP contribution in [0, 0.1) is 5.82 Å². The molecule has 126 valence electrons. The van der Waals surface area contributed by atoms with Crippen molar-refractivity contribution in [3.8, 4) is 17.0 Å².